The van der Waals surface area contributed by atoms with Crippen molar-refractivity contribution in [3.63, 3.8) is 0 Å². The summed E-state index contributed by atoms with van der Waals surface area (Å²) in [5.74, 6) is 2.42. The zero-order chi connectivity index (χ0) is 22.2. The first-order valence-electron chi connectivity index (χ1n) is 10.8. The fourth-order valence-corrected chi connectivity index (χ4v) is 4.11. The summed E-state index contributed by atoms with van der Waals surface area (Å²) in [7, 11) is 0. The third-order valence-electron chi connectivity index (χ3n) is 5.77. The first-order chi connectivity index (χ1) is 15.5. The van der Waals surface area contributed by atoms with Gasteiger partial charge in [-0.15, -0.1) is 0 Å². The molecule has 1 saturated carbocycles. The van der Waals surface area contributed by atoms with Gasteiger partial charge < -0.3 is 16.2 Å². The second-order valence-corrected chi connectivity index (χ2v) is 8.07. The maximum absolute atomic E-state index is 9.90. The van der Waals surface area contributed by atoms with Gasteiger partial charge in [-0.25, -0.2) is 29.6 Å². The molecule has 0 spiro atoms. The molecule has 0 saturated heterocycles. The number of nitrogen functional groups attached to an aromatic ring is 1. The molecule has 2 atom stereocenters. The van der Waals surface area contributed by atoms with Crippen molar-refractivity contribution >= 4 is 22.7 Å². The van der Waals surface area contributed by atoms with E-state index in [0.717, 1.165) is 35.5 Å². The van der Waals surface area contributed by atoms with Crippen molar-refractivity contribution in [2.75, 3.05) is 11.1 Å². The zero-order valence-electron chi connectivity index (χ0n) is 18.0. The molecule has 1 aliphatic rings. The minimum Gasteiger partial charge on any atom is -0.393 e. The standard InChI is InChI=1S/C22H25N9O/c1-3-17-22(28-14-4-5-15(32)8-14)30-19-16(10-25-21(23)20(19)29-17)13-9-26-31(11-13)18-6-7-24-12(2)27-18/h6-7,9-11,14-15,32H,3-5,8H2,1-2H3,(H2,23,25)(H,28,30)/t14-,15?/m1/s1. The van der Waals surface area contributed by atoms with Crippen molar-refractivity contribution in [2.45, 2.75) is 51.7 Å². The highest BCUT2D eigenvalue weighted by atomic mass is 16.3. The number of fused-ring (bicyclic) bond motifs is 1. The van der Waals surface area contributed by atoms with Crippen LogP contribution in [0.2, 0.25) is 0 Å². The van der Waals surface area contributed by atoms with Gasteiger partial charge in [-0.3, -0.25) is 0 Å². The Morgan fingerprint density at radius 1 is 1.16 bits per heavy atom. The Morgan fingerprint density at radius 3 is 2.78 bits per heavy atom. The molecular formula is C22H25N9O. The SMILES string of the molecule is CCc1nc2c(N)ncc(-c3cnn(-c4ccnc(C)n4)c3)c2nc1N[C@@H]1CCC(O)C1. The second kappa shape index (κ2) is 8.12. The van der Waals surface area contributed by atoms with Crippen molar-refractivity contribution in [1.82, 2.24) is 34.7 Å². The summed E-state index contributed by atoms with van der Waals surface area (Å²) in [5, 5.41) is 17.8. The molecule has 0 aromatic carbocycles. The number of aliphatic hydroxyl groups excluding tert-OH is 1. The Bertz CT molecular complexity index is 1290. The average molecular weight is 432 g/mol. The number of nitrogens with zero attached hydrogens (tertiary/aromatic N) is 7. The molecule has 0 bridgehead atoms. The summed E-state index contributed by atoms with van der Waals surface area (Å²) in [5.41, 5.74) is 9.85. The van der Waals surface area contributed by atoms with Gasteiger partial charge in [-0.1, -0.05) is 6.92 Å². The Morgan fingerprint density at radius 2 is 2.03 bits per heavy atom. The number of hydrogen-bond donors (Lipinski definition) is 3. The highest BCUT2D eigenvalue weighted by molar-refractivity contribution is 5.96. The number of rotatable bonds is 5. The lowest BCUT2D eigenvalue weighted by molar-refractivity contribution is 0.182. The summed E-state index contributed by atoms with van der Waals surface area (Å²) >= 11 is 0. The maximum Gasteiger partial charge on any atom is 0.156 e. The van der Waals surface area contributed by atoms with Gasteiger partial charge in [0.05, 0.1) is 18.0 Å². The van der Waals surface area contributed by atoms with Crippen molar-refractivity contribution in [2.24, 2.45) is 0 Å². The van der Waals surface area contributed by atoms with Crippen molar-refractivity contribution in [3.8, 4) is 16.9 Å². The Labute approximate surface area is 185 Å². The fourth-order valence-electron chi connectivity index (χ4n) is 4.11. The van der Waals surface area contributed by atoms with Gasteiger partial charge >= 0.3 is 0 Å². The van der Waals surface area contributed by atoms with E-state index in [1.54, 1.807) is 29.3 Å². The molecule has 0 aliphatic heterocycles. The Balaban J connectivity index is 1.59. The molecule has 1 unspecified atom stereocenters. The predicted octanol–water partition coefficient (Wildman–Crippen LogP) is 2.45. The summed E-state index contributed by atoms with van der Waals surface area (Å²) in [6.45, 7) is 3.87. The smallest absolute Gasteiger partial charge is 0.156 e. The third-order valence-corrected chi connectivity index (χ3v) is 5.77. The quantitative estimate of drug-likeness (QED) is 0.434. The van der Waals surface area contributed by atoms with Crippen molar-refractivity contribution in [3.05, 3.63) is 42.4 Å². The van der Waals surface area contributed by atoms with Crippen LogP contribution in [0, 0.1) is 6.92 Å². The van der Waals surface area contributed by atoms with E-state index in [1.807, 2.05) is 20.0 Å². The van der Waals surface area contributed by atoms with E-state index in [4.69, 9.17) is 15.7 Å². The van der Waals surface area contributed by atoms with Crippen LogP contribution in [0.5, 0.6) is 0 Å². The first kappa shape index (κ1) is 20.3. The molecule has 10 nitrogen and oxygen atoms in total. The van der Waals surface area contributed by atoms with E-state index in [1.165, 1.54) is 0 Å². The lowest BCUT2D eigenvalue weighted by Crippen LogP contribution is -2.19. The number of hydrogen-bond acceptors (Lipinski definition) is 9. The van der Waals surface area contributed by atoms with E-state index in [2.05, 4.69) is 25.4 Å². The van der Waals surface area contributed by atoms with Gasteiger partial charge in [0.1, 0.15) is 22.7 Å². The summed E-state index contributed by atoms with van der Waals surface area (Å²) < 4.78 is 1.69. The molecule has 4 heterocycles. The van der Waals surface area contributed by atoms with Crippen LogP contribution in [0.25, 0.3) is 28.0 Å². The van der Waals surface area contributed by atoms with Gasteiger partial charge in [-0.05, 0) is 32.6 Å². The zero-order valence-corrected chi connectivity index (χ0v) is 18.0. The lowest BCUT2D eigenvalue weighted by Gasteiger charge is -2.17. The molecule has 10 heteroatoms. The molecule has 0 radical (unpaired) electrons. The number of pyridine rings is 1. The summed E-state index contributed by atoms with van der Waals surface area (Å²) in [6.07, 6.45) is 9.88. The van der Waals surface area contributed by atoms with Crippen LogP contribution in [0.4, 0.5) is 11.6 Å². The van der Waals surface area contributed by atoms with Crippen molar-refractivity contribution in [1.29, 1.82) is 0 Å². The highest BCUT2D eigenvalue weighted by Crippen LogP contribution is 2.31. The number of nitrogens with one attached hydrogen (secondary N) is 1. The Kier molecular flexibility index (Phi) is 5.14. The predicted molar refractivity (Wildman–Crippen MR) is 121 cm³/mol. The maximum atomic E-state index is 9.90. The van der Waals surface area contributed by atoms with Crippen LogP contribution in [0.1, 0.15) is 37.7 Å². The third kappa shape index (κ3) is 3.73. The number of nitrogens with two attached hydrogens (primary N) is 1. The van der Waals surface area contributed by atoms with E-state index >= 15 is 0 Å². The topological polar surface area (TPSA) is 141 Å². The van der Waals surface area contributed by atoms with Crippen LogP contribution in [0.3, 0.4) is 0 Å². The van der Waals surface area contributed by atoms with E-state index < -0.39 is 0 Å². The van der Waals surface area contributed by atoms with Gasteiger partial charge in [-0.2, -0.15) is 5.10 Å². The monoisotopic (exact) mass is 431 g/mol. The molecule has 0 amide bonds. The largest absolute Gasteiger partial charge is 0.393 e. The summed E-state index contributed by atoms with van der Waals surface area (Å²) in [4.78, 5) is 22.6. The molecule has 4 aromatic heterocycles. The van der Waals surface area contributed by atoms with E-state index in [0.29, 0.717) is 41.3 Å². The minimum atomic E-state index is -0.266. The second-order valence-electron chi connectivity index (χ2n) is 8.07. The summed E-state index contributed by atoms with van der Waals surface area (Å²) in [6, 6.07) is 1.97. The van der Waals surface area contributed by atoms with Gasteiger partial charge in [0, 0.05) is 41.8 Å². The molecular weight excluding hydrogens is 406 g/mol. The van der Waals surface area contributed by atoms with Gasteiger partial charge in [0.2, 0.25) is 0 Å². The van der Waals surface area contributed by atoms with Gasteiger partial charge in [0.25, 0.3) is 0 Å². The van der Waals surface area contributed by atoms with Crippen LogP contribution in [-0.4, -0.2) is 52.0 Å². The molecule has 1 aliphatic carbocycles. The minimum absolute atomic E-state index is 0.174. The van der Waals surface area contributed by atoms with E-state index in [-0.39, 0.29) is 12.1 Å². The van der Waals surface area contributed by atoms with Crippen LogP contribution in [0.15, 0.2) is 30.9 Å². The van der Waals surface area contributed by atoms with Gasteiger partial charge in [0.15, 0.2) is 11.6 Å². The number of aliphatic hydroxyl groups is 1. The van der Waals surface area contributed by atoms with Crippen LogP contribution in [-0.2, 0) is 6.42 Å². The number of anilines is 2. The number of aryl methyl sites for hydroxylation is 2. The molecule has 32 heavy (non-hydrogen) atoms. The van der Waals surface area contributed by atoms with E-state index in [9.17, 15) is 5.11 Å². The molecule has 4 aromatic rings. The van der Waals surface area contributed by atoms with Crippen molar-refractivity contribution < 1.29 is 5.11 Å². The normalized spacial score (nSPS) is 18.3. The first-order valence-corrected chi connectivity index (χ1v) is 10.8. The van der Waals surface area contributed by atoms with Crippen LogP contribution >= 0.6 is 0 Å². The molecule has 1 fully saturated rings. The fraction of sp³-hybridized carbons (Fsp3) is 0.364. The average Bonchev–Trinajstić information content (AvgIpc) is 3.43. The van der Waals surface area contributed by atoms with Crippen LogP contribution < -0.4 is 11.1 Å². The Hall–Kier alpha value is -3.66. The highest BCUT2D eigenvalue weighted by Gasteiger charge is 2.24. The lowest BCUT2D eigenvalue weighted by atomic mass is 10.1. The molecule has 4 N–H and O–H groups in total. The molecule has 5 rings (SSSR count). The molecule has 164 valence electrons. The number of aromatic nitrogens is 7.